The number of nitrogens with zero attached hydrogens (tertiary/aromatic N) is 1. The maximum atomic E-state index is 6.04. The Morgan fingerprint density at radius 2 is 1.74 bits per heavy atom. The van der Waals surface area contributed by atoms with Crippen molar-refractivity contribution < 1.29 is 4.84 Å². The average molecular weight is 274 g/mol. The maximum Gasteiger partial charge on any atom is 0.143 e. The van der Waals surface area contributed by atoms with Gasteiger partial charge in [0, 0.05) is 10.6 Å². The van der Waals surface area contributed by atoms with E-state index in [1.165, 1.54) is 5.56 Å². The molecule has 0 aliphatic heterocycles. The molecule has 0 bridgehead atoms. The summed E-state index contributed by atoms with van der Waals surface area (Å²) in [5.74, 6) is 0. The van der Waals surface area contributed by atoms with Crippen molar-refractivity contribution in [2.45, 2.75) is 20.0 Å². The minimum Gasteiger partial charge on any atom is -0.391 e. The zero-order valence-corrected chi connectivity index (χ0v) is 11.6. The lowest BCUT2D eigenvalue weighted by molar-refractivity contribution is 0.132. The van der Waals surface area contributed by atoms with E-state index in [4.69, 9.17) is 16.4 Å². The zero-order chi connectivity index (χ0) is 13.5. The standard InChI is InChI=1S/C16H16ClNO/c1-2-13-7-3-4-8-14(13)11-18-19-12-15-9-5-6-10-16(15)17/h3-11H,2,12H2,1H3. The van der Waals surface area contributed by atoms with Gasteiger partial charge in [0.2, 0.25) is 0 Å². The molecule has 3 heteroatoms. The molecule has 0 fully saturated rings. The third-order valence-corrected chi connectivity index (χ3v) is 3.25. The highest BCUT2D eigenvalue weighted by Crippen LogP contribution is 2.15. The summed E-state index contributed by atoms with van der Waals surface area (Å²) in [6, 6.07) is 15.7. The lowest BCUT2D eigenvalue weighted by Crippen LogP contribution is -1.92. The molecule has 0 aliphatic carbocycles. The molecule has 2 nitrogen and oxygen atoms in total. The molecule has 0 N–H and O–H groups in total. The van der Waals surface area contributed by atoms with Crippen molar-refractivity contribution in [2.24, 2.45) is 5.16 Å². The van der Waals surface area contributed by atoms with Crippen LogP contribution in [0.15, 0.2) is 53.7 Å². The summed E-state index contributed by atoms with van der Waals surface area (Å²) in [6.45, 7) is 2.50. The van der Waals surface area contributed by atoms with Gasteiger partial charge in [0.1, 0.15) is 6.61 Å². The third-order valence-electron chi connectivity index (χ3n) is 2.88. The number of benzene rings is 2. The summed E-state index contributed by atoms with van der Waals surface area (Å²) in [5, 5.41) is 4.70. The Kier molecular flexibility index (Phi) is 4.99. The zero-order valence-electron chi connectivity index (χ0n) is 10.8. The summed E-state index contributed by atoms with van der Waals surface area (Å²) in [7, 11) is 0. The topological polar surface area (TPSA) is 21.6 Å². The number of halogens is 1. The number of aryl methyl sites for hydroxylation is 1. The van der Waals surface area contributed by atoms with E-state index in [1.54, 1.807) is 6.21 Å². The molecule has 0 atom stereocenters. The predicted octanol–water partition coefficient (Wildman–Crippen LogP) is 4.45. The molecular formula is C16H16ClNO. The first kappa shape index (κ1) is 13.6. The molecular weight excluding hydrogens is 258 g/mol. The van der Waals surface area contributed by atoms with Crippen LogP contribution in [0.4, 0.5) is 0 Å². The smallest absolute Gasteiger partial charge is 0.143 e. The minimum absolute atomic E-state index is 0.379. The number of hydrogen-bond acceptors (Lipinski definition) is 2. The molecule has 0 spiro atoms. The molecule has 2 rings (SSSR count). The van der Waals surface area contributed by atoms with Gasteiger partial charge in [-0.25, -0.2) is 0 Å². The lowest BCUT2D eigenvalue weighted by Gasteiger charge is -2.03. The van der Waals surface area contributed by atoms with Gasteiger partial charge in [0.15, 0.2) is 0 Å². The van der Waals surface area contributed by atoms with Gasteiger partial charge in [-0.3, -0.25) is 0 Å². The van der Waals surface area contributed by atoms with Crippen molar-refractivity contribution in [2.75, 3.05) is 0 Å². The van der Waals surface area contributed by atoms with Crippen molar-refractivity contribution in [3.8, 4) is 0 Å². The van der Waals surface area contributed by atoms with Crippen molar-refractivity contribution in [1.82, 2.24) is 0 Å². The van der Waals surface area contributed by atoms with Gasteiger partial charge in [-0.1, -0.05) is 66.1 Å². The van der Waals surface area contributed by atoms with E-state index in [1.807, 2.05) is 42.5 Å². The Morgan fingerprint density at radius 3 is 2.47 bits per heavy atom. The summed E-state index contributed by atoms with van der Waals surface area (Å²) >= 11 is 6.04. The van der Waals surface area contributed by atoms with E-state index in [2.05, 4.69) is 18.1 Å². The van der Waals surface area contributed by atoms with E-state index in [0.717, 1.165) is 17.5 Å². The molecule has 2 aromatic carbocycles. The second-order valence-electron chi connectivity index (χ2n) is 4.15. The molecule has 2 aromatic rings. The van der Waals surface area contributed by atoms with E-state index < -0.39 is 0 Å². The van der Waals surface area contributed by atoms with Crippen LogP contribution in [-0.2, 0) is 17.9 Å². The predicted molar refractivity (Wildman–Crippen MR) is 79.7 cm³/mol. The Morgan fingerprint density at radius 1 is 1.05 bits per heavy atom. The summed E-state index contributed by atoms with van der Waals surface area (Å²) in [6.07, 6.45) is 2.72. The van der Waals surface area contributed by atoms with Crippen molar-refractivity contribution in [1.29, 1.82) is 0 Å². The number of oxime groups is 1. The maximum absolute atomic E-state index is 6.04. The van der Waals surface area contributed by atoms with E-state index >= 15 is 0 Å². The van der Waals surface area contributed by atoms with Crippen LogP contribution in [-0.4, -0.2) is 6.21 Å². The van der Waals surface area contributed by atoms with Crippen LogP contribution in [0.3, 0.4) is 0 Å². The van der Waals surface area contributed by atoms with Crippen LogP contribution in [0.25, 0.3) is 0 Å². The van der Waals surface area contributed by atoms with Crippen LogP contribution in [0.2, 0.25) is 5.02 Å². The second-order valence-corrected chi connectivity index (χ2v) is 4.56. The van der Waals surface area contributed by atoms with E-state index in [-0.39, 0.29) is 0 Å². The molecule has 0 saturated heterocycles. The average Bonchev–Trinajstić information content (AvgIpc) is 2.45. The SMILES string of the molecule is CCc1ccccc1C=NOCc1ccccc1Cl. The van der Waals surface area contributed by atoms with Crippen LogP contribution < -0.4 is 0 Å². The first-order valence-electron chi connectivity index (χ1n) is 6.28. The number of rotatable bonds is 5. The highest BCUT2D eigenvalue weighted by atomic mass is 35.5. The second kappa shape index (κ2) is 6.95. The largest absolute Gasteiger partial charge is 0.391 e. The summed E-state index contributed by atoms with van der Waals surface area (Å²) < 4.78 is 0. The molecule has 0 aliphatic rings. The Hall–Kier alpha value is -1.80. The molecule has 0 unspecified atom stereocenters. The van der Waals surface area contributed by atoms with Crippen LogP contribution in [0.1, 0.15) is 23.6 Å². The summed E-state index contributed by atoms with van der Waals surface area (Å²) in [5.41, 5.74) is 3.28. The van der Waals surface area contributed by atoms with Gasteiger partial charge < -0.3 is 4.84 Å². The Labute approximate surface area is 118 Å². The minimum atomic E-state index is 0.379. The highest BCUT2D eigenvalue weighted by Gasteiger charge is 1.99. The fourth-order valence-corrected chi connectivity index (χ4v) is 1.99. The van der Waals surface area contributed by atoms with Crippen LogP contribution in [0.5, 0.6) is 0 Å². The van der Waals surface area contributed by atoms with Gasteiger partial charge in [-0.05, 0) is 23.6 Å². The molecule has 0 heterocycles. The van der Waals surface area contributed by atoms with E-state index in [9.17, 15) is 0 Å². The Bertz CT molecular complexity index is 566. The monoisotopic (exact) mass is 273 g/mol. The van der Waals surface area contributed by atoms with Crippen molar-refractivity contribution in [3.63, 3.8) is 0 Å². The quantitative estimate of drug-likeness (QED) is 0.582. The molecule has 0 saturated carbocycles. The first-order valence-corrected chi connectivity index (χ1v) is 6.65. The third kappa shape index (κ3) is 3.83. The molecule has 98 valence electrons. The molecule has 0 radical (unpaired) electrons. The van der Waals surface area contributed by atoms with Crippen LogP contribution in [0, 0.1) is 0 Å². The van der Waals surface area contributed by atoms with Crippen molar-refractivity contribution >= 4 is 17.8 Å². The first-order chi connectivity index (χ1) is 9.31. The van der Waals surface area contributed by atoms with Gasteiger partial charge in [-0.2, -0.15) is 0 Å². The van der Waals surface area contributed by atoms with Gasteiger partial charge in [0.25, 0.3) is 0 Å². The summed E-state index contributed by atoms with van der Waals surface area (Å²) in [4.78, 5) is 5.29. The molecule has 0 amide bonds. The van der Waals surface area contributed by atoms with Crippen molar-refractivity contribution in [3.05, 3.63) is 70.2 Å². The van der Waals surface area contributed by atoms with E-state index in [0.29, 0.717) is 11.6 Å². The van der Waals surface area contributed by atoms with Gasteiger partial charge in [0.05, 0.1) is 6.21 Å². The molecule has 19 heavy (non-hydrogen) atoms. The fraction of sp³-hybridized carbons (Fsp3) is 0.188. The van der Waals surface area contributed by atoms with Gasteiger partial charge in [-0.15, -0.1) is 0 Å². The Balaban J connectivity index is 1.96. The number of hydrogen-bond donors (Lipinski definition) is 0. The normalized spacial score (nSPS) is 10.8. The molecule has 0 aromatic heterocycles. The highest BCUT2D eigenvalue weighted by molar-refractivity contribution is 6.31. The van der Waals surface area contributed by atoms with Gasteiger partial charge >= 0.3 is 0 Å². The van der Waals surface area contributed by atoms with Crippen LogP contribution >= 0.6 is 11.6 Å². The fourth-order valence-electron chi connectivity index (χ4n) is 1.80. The lowest BCUT2D eigenvalue weighted by atomic mass is 10.1.